The van der Waals surface area contributed by atoms with Crippen LogP contribution in [0.4, 0.5) is 0 Å². The summed E-state index contributed by atoms with van der Waals surface area (Å²) in [6, 6.07) is 9.40. The van der Waals surface area contributed by atoms with Crippen LogP contribution in [0.5, 0.6) is 0 Å². The molecule has 1 aromatic rings. The number of piperidine rings is 1. The molecule has 0 aromatic heterocycles. The number of hydrogen-bond acceptors (Lipinski definition) is 3. The van der Waals surface area contributed by atoms with Gasteiger partial charge in [0.05, 0.1) is 6.10 Å². The molecule has 1 fully saturated rings. The van der Waals surface area contributed by atoms with E-state index in [1.807, 2.05) is 30.3 Å². The number of aliphatic hydroxyl groups excluding tert-OH is 1. The summed E-state index contributed by atoms with van der Waals surface area (Å²) in [5, 5.41) is 9.54. The molecule has 1 heterocycles. The zero-order chi connectivity index (χ0) is 12.1. The van der Waals surface area contributed by atoms with Crippen molar-refractivity contribution in [1.29, 1.82) is 0 Å². The quantitative estimate of drug-likeness (QED) is 0.805. The van der Waals surface area contributed by atoms with Gasteiger partial charge in [-0.15, -0.1) is 0 Å². The van der Waals surface area contributed by atoms with Gasteiger partial charge in [0, 0.05) is 25.1 Å². The van der Waals surface area contributed by atoms with Crippen molar-refractivity contribution >= 4 is 5.78 Å². The number of carbonyl (C=O) groups excluding carboxylic acids is 1. The fourth-order valence-corrected chi connectivity index (χ4v) is 2.26. The topological polar surface area (TPSA) is 40.5 Å². The Kier molecular flexibility index (Phi) is 4.29. The Hall–Kier alpha value is -1.19. The highest BCUT2D eigenvalue weighted by Gasteiger charge is 2.18. The van der Waals surface area contributed by atoms with Crippen molar-refractivity contribution in [2.24, 2.45) is 0 Å². The molecule has 0 amide bonds. The van der Waals surface area contributed by atoms with Gasteiger partial charge >= 0.3 is 0 Å². The van der Waals surface area contributed by atoms with Crippen LogP contribution in [-0.2, 0) is 0 Å². The van der Waals surface area contributed by atoms with Crippen molar-refractivity contribution in [2.45, 2.75) is 25.4 Å². The summed E-state index contributed by atoms with van der Waals surface area (Å²) in [5.41, 5.74) is 0.782. The molecule has 0 unspecified atom stereocenters. The summed E-state index contributed by atoms with van der Waals surface area (Å²) >= 11 is 0. The molecular formula is C14H19NO2. The summed E-state index contributed by atoms with van der Waals surface area (Å²) in [4.78, 5) is 14.1. The average molecular weight is 233 g/mol. The highest BCUT2D eigenvalue weighted by Crippen LogP contribution is 2.11. The lowest BCUT2D eigenvalue weighted by Gasteiger charge is -2.29. The van der Waals surface area contributed by atoms with E-state index >= 15 is 0 Å². The molecule has 2 rings (SSSR count). The molecule has 1 atom stereocenters. The van der Waals surface area contributed by atoms with Crippen LogP contribution >= 0.6 is 0 Å². The second-order valence-corrected chi connectivity index (χ2v) is 4.64. The largest absolute Gasteiger partial charge is 0.392 e. The number of Topliss-reactive ketones (excluding diaryl/α,β-unsaturated/α-hetero) is 1. The maximum Gasteiger partial charge on any atom is 0.164 e. The molecule has 0 radical (unpaired) electrons. The third-order valence-electron chi connectivity index (χ3n) is 3.23. The van der Waals surface area contributed by atoms with E-state index in [-0.39, 0.29) is 11.9 Å². The minimum absolute atomic E-state index is 0.186. The summed E-state index contributed by atoms with van der Waals surface area (Å²) < 4.78 is 0. The molecule has 1 saturated heterocycles. The van der Waals surface area contributed by atoms with Gasteiger partial charge in [-0.2, -0.15) is 0 Å². The Bertz CT molecular complexity index is 364. The van der Waals surface area contributed by atoms with Crippen LogP contribution in [0.15, 0.2) is 30.3 Å². The average Bonchev–Trinajstić information content (AvgIpc) is 2.37. The number of aliphatic hydroxyl groups is 1. The zero-order valence-corrected chi connectivity index (χ0v) is 10.0. The number of likely N-dealkylation sites (tertiary alicyclic amines) is 1. The van der Waals surface area contributed by atoms with E-state index in [1.54, 1.807) is 0 Å². The molecule has 3 heteroatoms. The summed E-state index contributed by atoms with van der Waals surface area (Å²) in [5.74, 6) is 0.186. The highest BCUT2D eigenvalue weighted by atomic mass is 16.3. The number of hydrogen-bond donors (Lipinski definition) is 1. The van der Waals surface area contributed by atoms with Crippen LogP contribution in [0.1, 0.15) is 29.6 Å². The van der Waals surface area contributed by atoms with E-state index < -0.39 is 0 Å². The normalized spacial score (nSPS) is 21.4. The second-order valence-electron chi connectivity index (χ2n) is 4.64. The number of rotatable bonds is 4. The molecule has 1 aromatic carbocycles. The Morgan fingerprint density at radius 1 is 1.35 bits per heavy atom. The first-order valence-corrected chi connectivity index (χ1v) is 6.24. The number of ketones is 1. The first kappa shape index (κ1) is 12.3. The fourth-order valence-electron chi connectivity index (χ4n) is 2.26. The molecule has 0 aliphatic carbocycles. The molecule has 1 N–H and O–H groups in total. The van der Waals surface area contributed by atoms with E-state index in [1.165, 1.54) is 0 Å². The molecule has 17 heavy (non-hydrogen) atoms. The number of nitrogens with zero attached hydrogens (tertiary/aromatic N) is 1. The highest BCUT2D eigenvalue weighted by molar-refractivity contribution is 5.96. The van der Waals surface area contributed by atoms with Crippen LogP contribution in [0.2, 0.25) is 0 Å². The van der Waals surface area contributed by atoms with Crippen molar-refractivity contribution in [3.63, 3.8) is 0 Å². The van der Waals surface area contributed by atoms with E-state index in [0.29, 0.717) is 13.0 Å². The maximum absolute atomic E-state index is 11.9. The lowest BCUT2D eigenvalue weighted by Crippen LogP contribution is -2.39. The van der Waals surface area contributed by atoms with Crippen molar-refractivity contribution in [3.8, 4) is 0 Å². The van der Waals surface area contributed by atoms with E-state index in [0.717, 1.165) is 31.5 Å². The minimum Gasteiger partial charge on any atom is -0.392 e. The molecule has 0 bridgehead atoms. The lowest BCUT2D eigenvalue weighted by molar-refractivity contribution is 0.0670. The van der Waals surface area contributed by atoms with E-state index in [9.17, 15) is 9.90 Å². The molecule has 0 saturated carbocycles. The van der Waals surface area contributed by atoms with Gasteiger partial charge in [0.2, 0.25) is 0 Å². The second kappa shape index (κ2) is 5.94. The van der Waals surface area contributed by atoms with Crippen molar-refractivity contribution < 1.29 is 9.90 Å². The van der Waals surface area contributed by atoms with Crippen LogP contribution in [0, 0.1) is 0 Å². The van der Waals surface area contributed by atoms with Crippen molar-refractivity contribution in [1.82, 2.24) is 4.90 Å². The first-order valence-electron chi connectivity index (χ1n) is 6.24. The Morgan fingerprint density at radius 2 is 2.12 bits per heavy atom. The molecule has 0 spiro atoms. The molecule has 1 aliphatic rings. The summed E-state index contributed by atoms with van der Waals surface area (Å²) in [6.07, 6.45) is 2.25. The van der Waals surface area contributed by atoms with Gasteiger partial charge in [-0.25, -0.2) is 0 Å². The Balaban J connectivity index is 1.80. The molecular weight excluding hydrogens is 214 g/mol. The number of benzene rings is 1. The molecule has 1 aliphatic heterocycles. The maximum atomic E-state index is 11.9. The van der Waals surface area contributed by atoms with Gasteiger partial charge < -0.3 is 10.0 Å². The van der Waals surface area contributed by atoms with Gasteiger partial charge in [-0.3, -0.25) is 4.79 Å². The summed E-state index contributed by atoms with van der Waals surface area (Å²) in [7, 11) is 0. The number of β-amino-alcohol motifs (C(OH)–C–C–N with tert-alkyl or cyclic N) is 1. The zero-order valence-electron chi connectivity index (χ0n) is 10.0. The van der Waals surface area contributed by atoms with E-state index in [4.69, 9.17) is 0 Å². The first-order chi connectivity index (χ1) is 8.25. The van der Waals surface area contributed by atoms with Crippen LogP contribution in [0.3, 0.4) is 0 Å². The van der Waals surface area contributed by atoms with Gasteiger partial charge in [-0.05, 0) is 19.4 Å². The Labute approximate surface area is 102 Å². The molecule has 3 nitrogen and oxygen atoms in total. The summed E-state index contributed by atoms with van der Waals surface area (Å²) in [6.45, 7) is 2.46. The fraction of sp³-hybridized carbons (Fsp3) is 0.500. The van der Waals surface area contributed by atoms with Gasteiger partial charge in [0.25, 0.3) is 0 Å². The lowest BCUT2D eigenvalue weighted by atomic mass is 10.1. The SMILES string of the molecule is O=C(CCN1CCC[C@H](O)C1)c1ccccc1. The van der Waals surface area contributed by atoms with Crippen molar-refractivity contribution in [3.05, 3.63) is 35.9 Å². The van der Waals surface area contributed by atoms with E-state index in [2.05, 4.69) is 4.90 Å². The smallest absolute Gasteiger partial charge is 0.164 e. The van der Waals surface area contributed by atoms with Gasteiger partial charge in [0.15, 0.2) is 5.78 Å². The number of carbonyl (C=O) groups is 1. The molecule has 92 valence electrons. The van der Waals surface area contributed by atoms with Crippen molar-refractivity contribution in [2.75, 3.05) is 19.6 Å². The monoisotopic (exact) mass is 233 g/mol. The predicted octanol–water partition coefficient (Wildman–Crippen LogP) is 1.72. The van der Waals surface area contributed by atoms with Crippen LogP contribution in [0.25, 0.3) is 0 Å². The third-order valence-corrected chi connectivity index (χ3v) is 3.23. The van der Waals surface area contributed by atoms with Gasteiger partial charge in [0.1, 0.15) is 0 Å². The Morgan fingerprint density at radius 3 is 2.82 bits per heavy atom. The third kappa shape index (κ3) is 3.65. The minimum atomic E-state index is -0.212. The van der Waals surface area contributed by atoms with Crippen LogP contribution < -0.4 is 0 Å². The van der Waals surface area contributed by atoms with Crippen LogP contribution in [-0.4, -0.2) is 41.5 Å². The standard InChI is InChI=1S/C14H19NO2/c16-13-7-4-9-15(11-13)10-8-14(17)12-5-2-1-3-6-12/h1-3,5-6,13,16H,4,7-11H2/t13-/m0/s1. The predicted molar refractivity (Wildman–Crippen MR) is 67.1 cm³/mol. The van der Waals surface area contributed by atoms with Gasteiger partial charge in [-0.1, -0.05) is 30.3 Å².